The van der Waals surface area contributed by atoms with Gasteiger partial charge < -0.3 is 10.6 Å². The van der Waals surface area contributed by atoms with E-state index in [1.165, 1.54) is 6.07 Å². The SMILES string of the molecule is Cc1ccc(C(=O)Nc2cccc(CNC(=O)c3ccc(C)c(F)c3)c2)cc1. The van der Waals surface area contributed by atoms with E-state index < -0.39 is 5.82 Å². The molecule has 0 unspecified atom stereocenters. The van der Waals surface area contributed by atoms with Gasteiger partial charge in [-0.15, -0.1) is 0 Å². The Kier molecular flexibility index (Phi) is 5.84. The van der Waals surface area contributed by atoms with Crippen LogP contribution in [0.3, 0.4) is 0 Å². The summed E-state index contributed by atoms with van der Waals surface area (Å²) in [5, 5.41) is 5.61. The molecule has 0 saturated heterocycles. The highest BCUT2D eigenvalue weighted by atomic mass is 19.1. The molecule has 5 heteroatoms. The summed E-state index contributed by atoms with van der Waals surface area (Å²) in [6, 6.07) is 18.9. The molecule has 4 nitrogen and oxygen atoms in total. The molecular formula is C23H21FN2O2. The zero-order valence-corrected chi connectivity index (χ0v) is 15.8. The van der Waals surface area contributed by atoms with Crippen LogP contribution in [0, 0.1) is 19.7 Å². The average molecular weight is 376 g/mol. The second kappa shape index (κ2) is 8.48. The molecule has 0 saturated carbocycles. The van der Waals surface area contributed by atoms with Crippen LogP contribution in [0.5, 0.6) is 0 Å². The molecule has 0 radical (unpaired) electrons. The van der Waals surface area contributed by atoms with Gasteiger partial charge >= 0.3 is 0 Å². The van der Waals surface area contributed by atoms with E-state index in [2.05, 4.69) is 10.6 Å². The quantitative estimate of drug-likeness (QED) is 0.682. The van der Waals surface area contributed by atoms with E-state index in [9.17, 15) is 14.0 Å². The summed E-state index contributed by atoms with van der Waals surface area (Å²) in [4.78, 5) is 24.5. The fourth-order valence-electron chi connectivity index (χ4n) is 2.69. The fraction of sp³-hybridized carbons (Fsp3) is 0.130. The van der Waals surface area contributed by atoms with Crippen LogP contribution in [-0.2, 0) is 6.54 Å². The van der Waals surface area contributed by atoms with Crippen LogP contribution in [0.25, 0.3) is 0 Å². The van der Waals surface area contributed by atoms with E-state index >= 15 is 0 Å². The fourth-order valence-corrected chi connectivity index (χ4v) is 2.69. The molecule has 3 aromatic carbocycles. The zero-order chi connectivity index (χ0) is 20.1. The number of hydrogen-bond donors (Lipinski definition) is 2. The number of carbonyl (C=O) groups is 2. The standard InChI is InChI=1S/C23H21FN2O2/c1-15-6-9-18(10-7-15)23(28)26-20-5-3-4-17(12-20)14-25-22(27)19-11-8-16(2)21(24)13-19/h3-13H,14H2,1-2H3,(H,25,27)(H,26,28). The van der Waals surface area contributed by atoms with Crippen LogP contribution in [0.1, 0.15) is 37.4 Å². The van der Waals surface area contributed by atoms with E-state index in [4.69, 9.17) is 0 Å². The van der Waals surface area contributed by atoms with E-state index in [-0.39, 0.29) is 23.9 Å². The third kappa shape index (κ3) is 4.82. The van der Waals surface area contributed by atoms with Gasteiger partial charge in [0, 0.05) is 23.4 Å². The maximum absolute atomic E-state index is 13.6. The molecule has 0 aliphatic carbocycles. The lowest BCUT2D eigenvalue weighted by molar-refractivity contribution is 0.0949. The summed E-state index contributed by atoms with van der Waals surface area (Å²) < 4.78 is 13.6. The molecule has 3 rings (SSSR count). The van der Waals surface area contributed by atoms with Gasteiger partial charge in [-0.3, -0.25) is 9.59 Å². The van der Waals surface area contributed by atoms with Gasteiger partial charge in [0.2, 0.25) is 0 Å². The van der Waals surface area contributed by atoms with E-state index in [1.807, 2.05) is 25.1 Å². The Morgan fingerprint density at radius 1 is 0.857 bits per heavy atom. The molecule has 0 aromatic heterocycles. The number of anilines is 1. The monoisotopic (exact) mass is 376 g/mol. The maximum Gasteiger partial charge on any atom is 0.255 e. The van der Waals surface area contributed by atoms with Crippen molar-refractivity contribution in [2.24, 2.45) is 0 Å². The van der Waals surface area contributed by atoms with Crippen LogP contribution < -0.4 is 10.6 Å². The van der Waals surface area contributed by atoms with Crippen molar-refractivity contribution in [1.82, 2.24) is 5.32 Å². The van der Waals surface area contributed by atoms with Gasteiger partial charge in [-0.2, -0.15) is 0 Å². The summed E-state index contributed by atoms with van der Waals surface area (Å²) in [5.41, 5.74) is 3.88. The molecule has 0 spiro atoms. The molecule has 142 valence electrons. The summed E-state index contributed by atoms with van der Waals surface area (Å²) in [5.74, 6) is -0.960. The Bertz CT molecular complexity index is 1010. The minimum atomic E-state index is -0.409. The van der Waals surface area contributed by atoms with Crippen molar-refractivity contribution in [2.75, 3.05) is 5.32 Å². The number of benzene rings is 3. The molecule has 0 heterocycles. The number of carbonyl (C=O) groups excluding carboxylic acids is 2. The van der Waals surface area contributed by atoms with Crippen molar-refractivity contribution in [3.05, 3.63) is 100 Å². The number of aryl methyl sites for hydroxylation is 2. The Morgan fingerprint density at radius 3 is 2.29 bits per heavy atom. The van der Waals surface area contributed by atoms with Crippen molar-refractivity contribution >= 4 is 17.5 Å². The minimum absolute atomic E-state index is 0.198. The lowest BCUT2D eigenvalue weighted by Gasteiger charge is -2.09. The average Bonchev–Trinajstić information content (AvgIpc) is 2.69. The summed E-state index contributed by atoms with van der Waals surface area (Å²) in [6.07, 6.45) is 0. The number of hydrogen-bond acceptors (Lipinski definition) is 2. The topological polar surface area (TPSA) is 58.2 Å². The van der Waals surface area contributed by atoms with Crippen LogP contribution in [0.4, 0.5) is 10.1 Å². The van der Waals surface area contributed by atoms with E-state index in [1.54, 1.807) is 49.4 Å². The van der Waals surface area contributed by atoms with Crippen molar-refractivity contribution < 1.29 is 14.0 Å². The second-order valence-electron chi connectivity index (χ2n) is 6.67. The first-order chi connectivity index (χ1) is 13.4. The predicted molar refractivity (Wildman–Crippen MR) is 108 cm³/mol. The third-order valence-corrected chi connectivity index (χ3v) is 4.39. The molecule has 0 fully saturated rings. The third-order valence-electron chi connectivity index (χ3n) is 4.39. The second-order valence-corrected chi connectivity index (χ2v) is 6.67. The maximum atomic E-state index is 13.6. The normalized spacial score (nSPS) is 10.4. The van der Waals surface area contributed by atoms with Gasteiger partial charge in [-0.25, -0.2) is 4.39 Å². The first-order valence-electron chi connectivity index (χ1n) is 8.94. The minimum Gasteiger partial charge on any atom is -0.348 e. The molecular weight excluding hydrogens is 355 g/mol. The van der Waals surface area contributed by atoms with Gasteiger partial charge in [0.1, 0.15) is 5.82 Å². The molecule has 3 aromatic rings. The van der Waals surface area contributed by atoms with Crippen molar-refractivity contribution in [1.29, 1.82) is 0 Å². The van der Waals surface area contributed by atoms with Crippen LogP contribution in [0.15, 0.2) is 66.7 Å². The van der Waals surface area contributed by atoms with E-state index in [0.29, 0.717) is 16.8 Å². The summed E-state index contributed by atoms with van der Waals surface area (Å²) >= 11 is 0. The van der Waals surface area contributed by atoms with Crippen LogP contribution in [-0.4, -0.2) is 11.8 Å². The van der Waals surface area contributed by atoms with E-state index in [0.717, 1.165) is 11.1 Å². The summed E-state index contributed by atoms with van der Waals surface area (Å²) in [6.45, 7) is 3.88. The Labute approximate surface area is 163 Å². The van der Waals surface area contributed by atoms with Gasteiger partial charge in [0.05, 0.1) is 0 Å². The molecule has 0 aliphatic heterocycles. The van der Waals surface area contributed by atoms with Gasteiger partial charge in [-0.1, -0.05) is 35.9 Å². The van der Waals surface area contributed by atoms with Gasteiger partial charge in [0.15, 0.2) is 0 Å². The Balaban J connectivity index is 1.62. The predicted octanol–water partition coefficient (Wildman–Crippen LogP) is 4.62. The van der Waals surface area contributed by atoms with Crippen LogP contribution in [0.2, 0.25) is 0 Å². The van der Waals surface area contributed by atoms with Gasteiger partial charge in [0.25, 0.3) is 11.8 Å². The highest BCUT2D eigenvalue weighted by Crippen LogP contribution is 2.14. The lowest BCUT2D eigenvalue weighted by Crippen LogP contribution is -2.23. The number of nitrogens with one attached hydrogen (secondary N) is 2. The molecule has 0 atom stereocenters. The number of amides is 2. The number of halogens is 1. The highest BCUT2D eigenvalue weighted by molar-refractivity contribution is 6.04. The number of rotatable bonds is 5. The molecule has 2 N–H and O–H groups in total. The lowest BCUT2D eigenvalue weighted by atomic mass is 10.1. The van der Waals surface area contributed by atoms with Crippen molar-refractivity contribution in [2.45, 2.75) is 20.4 Å². The van der Waals surface area contributed by atoms with Crippen molar-refractivity contribution in [3.8, 4) is 0 Å². The smallest absolute Gasteiger partial charge is 0.255 e. The molecule has 0 bridgehead atoms. The first kappa shape index (κ1) is 19.3. The Morgan fingerprint density at radius 2 is 1.57 bits per heavy atom. The van der Waals surface area contributed by atoms with Crippen molar-refractivity contribution in [3.63, 3.8) is 0 Å². The summed E-state index contributed by atoms with van der Waals surface area (Å²) in [7, 11) is 0. The van der Waals surface area contributed by atoms with Crippen LogP contribution >= 0.6 is 0 Å². The highest BCUT2D eigenvalue weighted by Gasteiger charge is 2.09. The molecule has 0 aliphatic rings. The zero-order valence-electron chi connectivity index (χ0n) is 15.8. The first-order valence-corrected chi connectivity index (χ1v) is 8.94. The largest absolute Gasteiger partial charge is 0.348 e. The Hall–Kier alpha value is -3.47. The van der Waals surface area contributed by atoms with Gasteiger partial charge in [-0.05, 0) is 61.4 Å². The molecule has 28 heavy (non-hydrogen) atoms. The molecule has 2 amide bonds.